The molecule has 1 saturated carbocycles. The molecular weight excluding hydrogens is 266 g/mol. The number of hydrogen-bond acceptors (Lipinski definition) is 3. The first-order valence-electron chi connectivity index (χ1n) is 7.41. The van der Waals surface area contributed by atoms with Crippen molar-refractivity contribution in [1.29, 1.82) is 0 Å². The Morgan fingerprint density at radius 1 is 1.20 bits per heavy atom. The molecule has 2 atom stereocenters. The van der Waals surface area contributed by atoms with Crippen LogP contribution in [0.1, 0.15) is 38.2 Å². The van der Waals surface area contributed by atoms with E-state index in [4.69, 9.17) is 4.99 Å². The highest BCUT2D eigenvalue weighted by Gasteiger charge is 2.22. The number of nitrogens with zero attached hydrogens (tertiary/aromatic N) is 2. The number of amidine groups is 1. The number of nitrogens with one attached hydrogen (secondary N) is 1. The second kappa shape index (κ2) is 6.44. The molecule has 1 fully saturated rings. The van der Waals surface area contributed by atoms with E-state index in [9.17, 15) is 0 Å². The normalized spacial score (nSPS) is 28.9. The van der Waals surface area contributed by atoms with Crippen LogP contribution >= 0.6 is 11.8 Å². The molecular formula is C16H21N3S. The van der Waals surface area contributed by atoms with Crippen molar-refractivity contribution < 1.29 is 0 Å². The van der Waals surface area contributed by atoms with E-state index in [1.165, 1.54) is 31.2 Å². The molecule has 1 heterocycles. The van der Waals surface area contributed by atoms with Crippen LogP contribution in [-0.4, -0.2) is 22.7 Å². The maximum absolute atomic E-state index is 4.87. The molecule has 0 bridgehead atoms. The average molecular weight is 287 g/mol. The monoisotopic (exact) mass is 287 g/mol. The van der Waals surface area contributed by atoms with Crippen molar-refractivity contribution in [2.24, 2.45) is 16.0 Å². The predicted octanol–water partition coefficient (Wildman–Crippen LogP) is 3.66. The van der Waals surface area contributed by atoms with E-state index in [1.54, 1.807) is 11.8 Å². The summed E-state index contributed by atoms with van der Waals surface area (Å²) in [6.07, 6.45) is 5.21. The largest absolute Gasteiger partial charge is 0.258 e. The number of hydrazone groups is 1. The van der Waals surface area contributed by atoms with Gasteiger partial charge in [-0.05, 0) is 24.3 Å². The second-order valence-electron chi connectivity index (χ2n) is 5.59. The Morgan fingerprint density at radius 3 is 2.70 bits per heavy atom. The fourth-order valence-corrected chi connectivity index (χ4v) is 3.62. The van der Waals surface area contributed by atoms with Gasteiger partial charge >= 0.3 is 0 Å². The first-order chi connectivity index (χ1) is 9.83. The molecule has 1 aromatic rings. The summed E-state index contributed by atoms with van der Waals surface area (Å²) in [5.74, 6) is 1.61. The van der Waals surface area contributed by atoms with Crippen molar-refractivity contribution in [1.82, 2.24) is 5.43 Å². The third-order valence-electron chi connectivity index (χ3n) is 4.09. The quantitative estimate of drug-likeness (QED) is 0.901. The molecule has 0 amide bonds. The Balaban J connectivity index is 1.67. The maximum atomic E-state index is 4.87. The van der Waals surface area contributed by atoms with Gasteiger partial charge in [-0.2, -0.15) is 5.10 Å². The molecule has 4 heteroatoms. The van der Waals surface area contributed by atoms with Crippen LogP contribution in [-0.2, 0) is 0 Å². The highest BCUT2D eigenvalue weighted by molar-refractivity contribution is 8.14. The van der Waals surface area contributed by atoms with Crippen LogP contribution in [0.4, 0.5) is 0 Å². The lowest BCUT2D eigenvalue weighted by molar-refractivity contribution is 0.333. The summed E-state index contributed by atoms with van der Waals surface area (Å²) >= 11 is 1.77. The number of rotatable bonds is 2. The van der Waals surface area contributed by atoms with Crippen molar-refractivity contribution in [2.45, 2.75) is 38.6 Å². The van der Waals surface area contributed by atoms with E-state index in [2.05, 4.69) is 41.7 Å². The zero-order valence-electron chi connectivity index (χ0n) is 11.9. The maximum Gasteiger partial charge on any atom is 0.177 e. The van der Waals surface area contributed by atoms with Crippen LogP contribution in [0, 0.1) is 5.92 Å². The minimum absolute atomic E-state index is 0.479. The summed E-state index contributed by atoms with van der Waals surface area (Å²) in [5.41, 5.74) is 5.43. The van der Waals surface area contributed by atoms with Gasteiger partial charge in [-0.15, -0.1) is 0 Å². The van der Waals surface area contributed by atoms with Crippen LogP contribution in [0.15, 0.2) is 40.4 Å². The fraction of sp³-hybridized carbons (Fsp3) is 0.500. The minimum atomic E-state index is 0.479. The molecule has 1 N–H and O–H groups in total. The van der Waals surface area contributed by atoms with Crippen molar-refractivity contribution in [3.8, 4) is 0 Å². The smallest absolute Gasteiger partial charge is 0.177 e. The molecule has 2 aliphatic rings. The first kappa shape index (κ1) is 13.7. The van der Waals surface area contributed by atoms with Gasteiger partial charge in [0.1, 0.15) is 0 Å². The van der Waals surface area contributed by atoms with Crippen molar-refractivity contribution in [3.05, 3.63) is 35.9 Å². The number of thioether (sulfide) groups is 1. The van der Waals surface area contributed by atoms with Gasteiger partial charge in [0.25, 0.3) is 0 Å². The molecule has 3 rings (SSSR count). The van der Waals surface area contributed by atoms with Gasteiger partial charge in [-0.3, -0.25) is 10.4 Å². The Bertz CT molecular complexity index is 510. The van der Waals surface area contributed by atoms with E-state index < -0.39 is 0 Å². The van der Waals surface area contributed by atoms with Crippen molar-refractivity contribution in [2.75, 3.05) is 5.75 Å². The summed E-state index contributed by atoms with van der Waals surface area (Å²) < 4.78 is 0. The SMILES string of the molecule is C[C@@H]1CCCC[C@H]1N=C1NN=C(c2ccccc2)CS1. The van der Waals surface area contributed by atoms with Gasteiger partial charge in [0, 0.05) is 5.75 Å². The Morgan fingerprint density at radius 2 is 2.00 bits per heavy atom. The van der Waals surface area contributed by atoms with Gasteiger partial charge in [0.2, 0.25) is 0 Å². The van der Waals surface area contributed by atoms with Gasteiger partial charge in [0.05, 0.1) is 11.8 Å². The minimum Gasteiger partial charge on any atom is -0.258 e. The molecule has 0 unspecified atom stereocenters. The Labute approximate surface area is 125 Å². The molecule has 0 radical (unpaired) electrons. The van der Waals surface area contributed by atoms with E-state index >= 15 is 0 Å². The molecule has 1 aliphatic heterocycles. The zero-order valence-corrected chi connectivity index (χ0v) is 12.7. The van der Waals surface area contributed by atoms with E-state index in [-0.39, 0.29) is 0 Å². The predicted molar refractivity (Wildman–Crippen MR) is 87.4 cm³/mol. The average Bonchev–Trinajstić information content (AvgIpc) is 2.51. The van der Waals surface area contributed by atoms with Gasteiger partial charge in [-0.25, -0.2) is 0 Å². The number of benzene rings is 1. The zero-order chi connectivity index (χ0) is 13.8. The second-order valence-corrected chi connectivity index (χ2v) is 6.55. The standard InChI is InChI=1S/C16H21N3S/c1-12-7-5-6-10-14(12)17-16-19-18-15(11-20-16)13-8-3-2-4-9-13/h2-4,8-9,12,14H,5-7,10-11H2,1H3,(H,17,19)/t12-,14-/m1/s1. The van der Waals surface area contributed by atoms with Crippen LogP contribution < -0.4 is 5.43 Å². The summed E-state index contributed by atoms with van der Waals surface area (Å²) in [6.45, 7) is 2.32. The van der Waals surface area contributed by atoms with Gasteiger partial charge < -0.3 is 0 Å². The third-order valence-corrected chi connectivity index (χ3v) is 4.98. The number of aliphatic imine (C=N–C) groups is 1. The van der Waals surface area contributed by atoms with Gasteiger partial charge in [0.15, 0.2) is 5.17 Å². The Kier molecular flexibility index (Phi) is 4.41. The van der Waals surface area contributed by atoms with Crippen LogP contribution in [0.2, 0.25) is 0 Å². The third kappa shape index (κ3) is 3.23. The highest BCUT2D eigenvalue weighted by Crippen LogP contribution is 2.27. The number of hydrogen-bond donors (Lipinski definition) is 1. The first-order valence-corrected chi connectivity index (χ1v) is 8.40. The highest BCUT2D eigenvalue weighted by atomic mass is 32.2. The molecule has 0 spiro atoms. The topological polar surface area (TPSA) is 36.8 Å². The molecule has 0 aromatic heterocycles. The molecule has 1 aromatic carbocycles. The summed E-state index contributed by atoms with van der Waals surface area (Å²) in [6, 6.07) is 10.8. The summed E-state index contributed by atoms with van der Waals surface area (Å²) in [5, 5.41) is 5.48. The van der Waals surface area contributed by atoms with Crippen LogP contribution in [0.3, 0.4) is 0 Å². The van der Waals surface area contributed by atoms with E-state index in [1.807, 2.05) is 6.07 Å². The van der Waals surface area contributed by atoms with Gasteiger partial charge in [-0.1, -0.05) is 61.9 Å². The summed E-state index contributed by atoms with van der Waals surface area (Å²) in [4.78, 5) is 4.87. The van der Waals surface area contributed by atoms with E-state index in [0.717, 1.165) is 16.6 Å². The van der Waals surface area contributed by atoms with Crippen LogP contribution in [0.25, 0.3) is 0 Å². The molecule has 0 saturated heterocycles. The molecule has 20 heavy (non-hydrogen) atoms. The van der Waals surface area contributed by atoms with E-state index in [0.29, 0.717) is 12.0 Å². The Hall–Kier alpha value is -1.29. The molecule has 3 nitrogen and oxygen atoms in total. The molecule has 106 valence electrons. The fourth-order valence-electron chi connectivity index (χ4n) is 2.80. The van der Waals surface area contributed by atoms with Crippen molar-refractivity contribution >= 4 is 22.6 Å². The summed E-state index contributed by atoms with van der Waals surface area (Å²) in [7, 11) is 0. The molecule has 1 aliphatic carbocycles. The lowest BCUT2D eigenvalue weighted by atomic mass is 9.86. The van der Waals surface area contributed by atoms with Crippen molar-refractivity contribution in [3.63, 3.8) is 0 Å². The van der Waals surface area contributed by atoms with Crippen LogP contribution in [0.5, 0.6) is 0 Å². The lowest BCUT2D eigenvalue weighted by Gasteiger charge is -2.26. The lowest BCUT2D eigenvalue weighted by Crippen LogP contribution is -2.29.